The standard InChI is InChI=1S/C13H20N4O2/c1-17(7-8-19-9-10-4-5-10)13(18)11-3-2-6-15-12(11)16-14/h2-3,6,10H,4-5,7-9,14H2,1H3,(H,15,16). The van der Waals surface area contributed by atoms with Crippen molar-refractivity contribution in [1.29, 1.82) is 0 Å². The Hall–Kier alpha value is -1.66. The zero-order chi connectivity index (χ0) is 13.7. The van der Waals surface area contributed by atoms with E-state index in [1.54, 1.807) is 30.3 Å². The molecule has 0 unspecified atom stereocenters. The molecular weight excluding hydrogens is 244 g/mol. The van der Waals surface area contributed by atoms with Crippen molar-refractivity contribution in [1.82, 2.24) is 9.88 Å². The highest BCUT2D eigenvalue weighted by Crippen LogP contribution is 2.28. The summed E-state index contributed by atoms with van der Waals surface area (Å²) >= 11 is 0. The van der Waals surface area contributed by atoms with E-state index in [1.807, 2.05) is 0 Å². The number of aromatic nitrogens is 1. The number of carbonyl (C=O) groups is 1. The molecule has 6 nitrogen and oxygen atoms in total. The molecule has 19 heavy (non-hydrogen) atoms. The molecule has 2 rings (SSSR count). The SMILES string of the molecule is CN(CCOCC1CC1)C(=O)c1cccnc1NN. The minimum absolute atomic E-state index is 0.115. The molecule has 1 aromatic rings. The molecule has 0 atom stereocenters. The molecule has 104 valence electrons. The van der Waals surface area contributed by atoms with Crippen LogP contribution in [0.3, 0.4) is 0 Å². The maximum atomic E-state index is 12.2. The van der Waals surface area contributed by atoms with Gasteiger partial charge in [-0.3, -0.25) is 4.79 Å². The third kappa shape index (κ3) is 3.90. The fraction of sp³-hybridized carbons (Fsp3) is 0.538. The van der Waals surface area contributed by atoms with Gasteiger partial charge >= 0.3 is 0 Å². The molecule has 1 saturated carbocycles. The van der Waals surface area contributed by atoms with Gasteiger partial charge in [-0.05, 0) is 30.9 Å². The number of amides is 1. The highest BCUT2D eigenvalue weighted by Gasteiger charge is 2.21. The van der Waals surface area contributed by atoms with E-state index in [9.17, 15) is 4.79 Å². The Kier molecular flexibility index (Phi) is 4.70. The van der Waals surface area contributed by atoms with Crippen LogP contribution in [0.15, 0.2) is 18.3 Å². The molecule has 6 heteroatoms. The molecule has 0 bridgehead atoms. The number of ether oxygens (including phenoxy) is 1. The fourth-order valence-electron chi connectivity index (χ4n) is 1.74. The summed E-state index contributed by atoms with van der Waals surface area (Å²) in [5.41, 5.74) is 2.90. The number of rotatable bonds is 7. The summed E-state index contributed by atoms with van der Waals surface area (Å²) in [4.78, 5) is 17.8. The number of nitrogens with zero attached hydrogens (tertiary/aromatic N) is 2. The second-order valence-electron chi connectivity index (χ2n) is 4.79. The monoisotopic (exact) mass is 264 g/mol. The lowest BCUT2D eigenvalue weighted by molar-refractivity contribution is 0.0681. The number of hydrogen-bond donors (Lipinski definition) is 2. The Bertz CT molecular complexity index is 434. The number of pyridine rings is 1. The van der Waals surface area contributed by atoms with E-state index in [0.717, 1.165) is 12.5 Å². The van der Waals surface area contributed by atoms with Crippen molar-refractivity contribution in [3.8, 4) is 0 Å². The third-order valence-electron chi connectivity index (χ3n) is 3.14. The molecule has 1 aliphatic rings. The maximum Gasteiger partial charge on any atom is 0.257 e. The molecule has 0 radical (unpaired) electrons. The Labute approximate surface area is 112 Å². The zero-order valence-electron chi connectivity index (χ0n) is 11.1. The van der Waals surface area contributed by atoms with Crippen molar-refractivity contribution in [2.45, 2.75) is 12.8 Å². The molecule has 0 aliphatic heterocycles. The van der Waals surface area contributed by atoms with Gasteiger partial charge < -0.3 is 15.1 Å². The van der Waals surface area contributed by atoms with Gasteiger partial charge in [0.2, 0.25) is 0 Å². The van der Waals surface area contributed by atoms with Gasteiger partial charge in [0.15, 0.2) is 5.82 Å². The van der Waals surface area contributed by atoms with E-state index in [4.69, 9.17) is 10.6 Å². The molecule has 3 N–H and O–H groups in total. The molecule has 0 saturated heterocycles. The molecule has 0 spiro atoms. The average Bonchev–Trinajstić information content (AvgIpc) is 3.26. The zero-order valence-corrected chi connectivity index (χ0v) is 11.1. The summed E-state index contributed by atoms with van der Waals surface area (Å²) in [6.07, 6.45) is 4.14. The number of nitrogens with two attached hydrogens (primary N) is 1. The molecule has 1 heterocycles. The number of carbonyl (C=O) groups excluding carboxylic acids is 1. The Morgan fingerprint density at radius 3 is 3.11 bits per heavy atom. The van der Waals surface area contributed by atoms with Crippen LogP contribution in [0.5, 0.6) is 0 Å². The van der Waals surface area contributed by atoms with Gasteiger partial charge in [0, 0.05) is 26.4 Å². The van der Waals surface area contributed by atoms with Crippen LogP contribution >= 0.6 is 0 Å². The van der Waals surface area contributed by atoms with Crippen molar-refractivity contribution in [3.63, 3.8) is 0 Å². The van der Waals surface area contributed by atoms with Crippen LogP contribution in [0, 0.1) is 5.92 Å². The number of anilines is 1. The average molecular weight is 264 g/mol. The predicted molar refractivity (Wildman–Crippen MR) is 72.6 cm³/mol. The first-order chi connectivity index (χ1) is 9.22. The normalized spacial score (nSPS) is 14.2. The van der Waals surface area contributed by atoms with Gasteiger partial charge in [0.05, 0.1) is 12.2 Å². The van der Waals surface area contributed by atoms with E-state index < -0.39 is 0 Å². The number of hydrazine groups is 1. The molecular formula is C13H20N4O2. The van der Waals surface area contributed by atoms with Crippen LogP contribution in [-0.4, -0.2) is 42.6 Å². The second kappa shape index (κ2) is 6.49. The number of likely N-dealkylation sites (N-methyl/N-ethyl adjacent to an activating group) is 1. The smallest absolute Gasteiger partial charge is 0.257 e. The minimum atomic E-state index is -0.115. The highest BCUT2D eigenvalue weighted by atomic mass is 16.5. The molecule has 1 aromatic heterocycles. The van der Waals surface area contributed by atoms with Crippen LogP contribution in [0.2, 0.25) is 0 Å². The summed E-state index contributed by atoms with van der Waals surface area (Å²) in [5, 5.41) is 0. The van der Waals surface area contributed by atoms with Gasteiger partial charge in [0.25, 0.3) is 5.91 Å². The maximum absolute atomic E-state index is 12.2. The Balaban J connectivity index is 1.82. The number of nitrogens with one attached hydrogen (secondary N) is 1. The van der Waals surface area contributed by atoms with Crippen LogP contribution < -0.4 is 11.3 Å². The van der Waals surface area contributed by atoms with Crippen molar-refractivity contribution in [2.75, 3.05) is 32.2 Å². The lowest BCUT2D eigenvalue weighted by Gasteiger charge is -2.18. The molecule has 1 fully saturated rings. The summed E-state index contributed by atoms with van der Waals surface area (Å²) in [6, 6.07) is 3.41. The Morgan fingerprint density at radius 2 is 2.42 bits per heavy atom. The quantitative estimate of drug-likeness (QED) is 0.434. The van der Waals surface area contributed by atoms with E-state index >= 15 is 0 Å². The predicted octanol–water partition coefficient (Wildman–Crippen LogP) is 0.866. The first kappa shape index (κ1) is 13.8. The van der Waals surface area contributed by atoms with Gasteiger partial charge in [-0.25, -0.2) is 10.8 Å². The fourth-order valence-corrected chi connectivity index (χ4v) is 1.74. The Morgan fingerprint density at radius 1 is 1.63 bits per heavy atom. The highest BCUT2D eigenvalue weighted by molar-refractivity contribution is 5.98. The topological polar surface area (TPSA) is 80.5 Å². The first-order valence-corrected chi connectivity index (χ1v) is 6.47. The van der Waals surface area contributed by atoms with E-state index in [-0.39, 0.29) is 5.91 Å². The van der Waals surface area contributed by atoms with Gasteiger partial charge in [-0.1, -0.05) is 0 Å². The van der Waals surface area contributed by atoms with Crippen molar-refractivity contribution in [3.05, 3.63) is 23.9 Å². The third-order valence-corrected chi connectivity index (χ3v) is 3.14. The van der Waals surface area contributed by atoms with E-state index in [2.05, 4.69) is 10.4 Å². The summed E-state index contributed by atoms with van der Waals surface area (Å²) in [7, 11) is 1.75. The molecule has 0 aromatic carbocycles. The second-order valence-corrected chi connectivity index (χ2v) is 4.79. The summed E-state index contributed by atoms with van der Waals surface area (Å²) in [5.74, 6) is 6.36. The molecule has 1 aliphatic carbocycles. The van der Waals surface area contributed by atoms with Gasteiger partial charge in [0.1, 0.15) is 0 Å². The van der Waals surface area contributed by atoms with Crippen LogP contribution in [0.4, 0.5) is 5.82 Å². The largest absolute Gasteiger partial charge is 0.379 e. The summed E-state index contributed by atoms with van der Waals surface area (Å²) in [6.45, 7) is 1.93. The number of nitrogen functional groups attached to an aromatic ring is 1. The van der Waals surface area contributed by atoms with Crippen molar-refractivity contribution in [2.24, 2.45) is 11.8 Å². The minimum Gasteiger partial charge on any atom is -0.379 e. The first-order valence-electron chi connectivity index (χ1n) is 6.47. The van der Waals surface area contributed by atoms with E-state index in [1.165, 1.54) is 12.8 Å². The molecule has 1 amide bonds. The van der Waals surface area contributed by atoms with Crippen LogP contribution in [0.1, 0.15) is 23.2 Å². The van der Waals surface area contributed by atoms with Gasteiger partial charge in [-0.2, -0.15) is 0 Å². The van der Waals surface area contributed by atoms with E-state index in [0.29, 0.717) is 24.5 Å². The lowest BCUT2D eigenvalue weighted by atomic mass is 10.2. The van der Waals surface area contributed by atoms with Crippen LogP contribution in [0.25, 0.3) is 0 Å². The van der Waals surface area contributed by atoms with Crippen molar-refractivity contribution >= 4 is 11.7 Å². The lowest BCUT2D eigenvalue weighted by Crippen LogP contribution is -2.31. The summed E-state index contributed by atoms with van der Waals surface area (Å²) < 4.78 is 5.52. The number of hydrogen-bond acceptors (Lipinski definition) is 5. The van der Waals surface area contributed by atoms with Gasteiger partial charge in [-0.15, -0.1) is 0 Å². The van der Waals surface area contributed by atoms with Crippen molar-refractivity contribution < 1.29 is 9.53 Å². The van der Waals surface area contributed by atoms with Crippen LogP contribution in [-0.2, 0) is 4.74 Å².